The molecule has 2 aromatic heterocycles. The van der Waals surface area contributed by atoms with E-state index in [0.717, 1.165) is 49.4 Å². The Hall–Kier alpha value is -3.20. The van der Waals surface area contributed by atoms with E-state index in [1.54, 1.807) is 34.4 Å². The molecule has 0 bridgehead atoms. The van der Waals surface area contributed by atoms with E-state index in [1.807, 2.05) is 19.2 Å². The van der Waals surface area contributed by atoms with Crippen molar-refractivity contribution in [1.29, 1.82) is 0 Å². The van der Waals surface area contributed by atoms with Crippen LogP contribution in [0, 0.1) is 5.92 Å². The molecule has 9 heteroatoms. The SMILES string of the molecule is COC[C@@H](C)Oc1nc(C(=O)N(C)C)cc(N2CCC(C3=CCc4nccc(OC)c43)CC2)n1. The van der Waals surface area contributed by atoms with E-state index in [9.17, 15) is 4.79 Å². The van der Waals surface area contributed by atoms with E-state index in [4.69, 9.17) is 14.2 Å². The Morgan fingerprint density at radius 2 is 2.00 bits per heavy atom. The van der Waals surface area contributed by atoms with Gasteiger partial charge in [0, 0.05) is 58.5 Å². The average molecular weight is 468 g/mol. The summed E-state index contributed by atoms with van der Waals surface area (Å²) in [6, 6.07) is 3.88. The number of rotatable bonds is 8. The van der Waals surface area contributed by atoms with E-state index in [-0.39, 0.29) is 18.0 Å². The number of fused-ring (bicyclic) bond motifs is 1. The minimum atomic E-state index is -0.230. The standard InChI is InChI=1S/C25H33N5O4/c1-16(15-32-4)34-25-27-20(24(31)29(2)3)14-22(28-25)30-12-9-17(10-13-30)18-6-7-19-23(18)21(33-5)8-11-26-19/h6,8,11,14,16-17H,7,9-10,12-13,15H2,1-5H3/t16-/m1/s1. The zero-order valence-electron chi connectivity index (χ0n) is 20.6. The van der Waals surface area contributed by atoms with E-state index in [1.165, 1.54) is 10.5 Å². The molecule has 1 aliphatic carbocycles. The molecule has 0 aromatic carbocycles. The maximum Gasteiger partial charge on any atom is 0.319 e. The third-order valence-corrected chi connectivity index (χ3v) is 6.30. The lowest BCUT2D eigenvalue weighted by atomic mass is 9.86. The van der Waals surface area contributed by atoms with Gasteiger partial charge in [-0.1, -0.05) is 6.08 Å². The first-order valence-corrected chi connectivity index (χ1v) is 11.6. The molecule has 1 saturated heterocycles. The molecule has 4 rings (SSSR count). The van der Waals surface area contributed by atoms with Crippen LogP contribution in [0.5, 0.6) is 11.8 Å². The zero-order chi connectivity index (χ0) is 24.2. The van der Waals surface area contributed by atoms with E-state index in [0.29, 0.717) is 24.0 Å². The van der Waals surface area contributed by atoms with E-state index >= 15 is 0 Å². The Labute approximate surface area is 200 Å². The molecule has 1 aliphatic heterocycles. The topological polar surface area (TPSA) is 89.9 Å². The van der Waals surface area contributed by atoms with Crippen LogP contribution in [0.15, 0.2) is 24.4 Å². The lowest BCUT2D eigenvalue weighted by Gasteiger charge is -2.34. The monoisotopic (exact) mass is 467 g/mol. The summed E-state index contributed by atoms with van der Waals surface area (Å²) in [5, 5.41) is 0. The van der Waals surface area contributed by atoms with E-state index in [2.05, 4.69) is 25.9 Å². The molecule has 3 heterocycles. The number of anilines is 1. The van der Waals surface area contributed by atoms with Gasteiger partial charge < -0.3 is 24.0 Å². The highest BCUT2D eigenvalue weighted by Gasteiger charge is 2.30. The van der Waals surface area contributed by atoms with Crippen LogP contribution in [-0.4, -0.2) is 79.9 Å². The lowest BCUT2D eigenvalue weighted by Crippen LogP contribution is -2.35. The van der Waals surface area contributed by atoms with Crippen molar-refractivity contribution in [3.63, 3.8) is 0 Å². The number of nitrogens with zero attached hydrogens (tertiary/aromatic N) is 5. The van der Waals surface area contributed by atoms with Crippen molar-refractivity contribution >= 4 is 17.3 Å². The molecule has 0 spiro atoms. The molecule has 0 unspecified atom stereocenters. The van der Waals surface area contributed by atoms with Crippen LogP contribution in [0.25, 0.3) is 5.57 Å². The number of hydrogen-bond acceptors (Lipinski definition) is 8. The van der Waals surface area contributed by atoms with Gasteiger partial charge in [0.1, 0.15) is 23.4 Å². The first-order chi connectivity index (χ1) is 16.4. The minimum absolute atomic E-state index is 0.185. The third-order valence-electron chi connectivity index (χ3n) is 6.30. The van der Waals surface area contributed by atoms with Crippen LogP contribution in [0.3, 0.4) is 0 Å². The third kappa shape index (κ3) is 4.99. The highest BCUT2D eigenvalue weighted by atomic mass is 16.5. The highest BCUT2D eigenvalue weighted by molar-refractivity contribution is 5.92. The lowest BCUT2D eigenvalue weighted by molar-refractivity contribution is 0.0797. The molecule has 34 heavy (non-hydrogen) atoms. The minimum Gasteiger partial charge on any atom is -0.496 e. The molecule has 2 aliphatic rings. The van der Waals surface area contributed by atoms with Crippen molar-refractivity contribution in [2.24, 2.45) is 5.92 Å². The van der Waals surface area contributed by atoms with E-state index < -0.39 is 0 Å². The maximum atomic E-state index is 12.7. The number of aromatic nitrogens is 3. The number of methoxy groups -OCH3 is 2. The smallest absolute Gasteiger partial charge is 0.319 e. The largest absolute Gasteiger partial charge is 0.496 e. The molecule has 0 N–H and O–H groups in total. The van der Waals surface area contributed by atoms with Crippen LogP contribution in [-0.2, 0) is 11.2 Å². The van der Waals surface area contributed by atoms with Crippen molar-refractivity contribution in [1.82, 2.24) is 19.9 Å². The van der Waals surface area contributed by atoms with Gasteiger partial charge in [0.15, 0.2) is 0 Å². The summed E-state index contributed by atoms with van der Waals surface area (Å²) in [5.74, 6) is 1.84. The summed E-state index contributed by atoms with van der Waals surface area (Å²) in [7, 11) is 6.75. The fraction of sp³-hybridized carbons (Fsp3) is 0.520. The summed E-state index contributed by atoms with van der Waals surface area (Å²) >= 11 is 0. The molecule has 1 atom stereocenters. The molecule has 2 aromatic rings. The van der Waals surface area contributed by atoms with Crippen LogP contribution >= 0.6 is 0 Å². The van der Waals surface area contributed by atoms with Gasteiger partial charge in [-0.3, -0.25) is 9.78 Å². The van der Waals surface area contributed by atoms with Gasteiger partial charge in [-0.05, 0) is 37.3 Å². The number of pyridine rings is 1. The summed E-state index contributed by atoms with van der Waals surface area (Å²) in [5.41, 5.74) is 3.90. The first-order valence-electron chi connectivity index (χ1n) is 11.6. The van der Waals surface area contributed by atoms with Crippen LogP contribution in [0.4, 0.5) is 5.82 Å². The molecule has 0 saturated carbocycles. The fourth-order valence-corrected chi connectivity index (χ4v) is 4.63. The van der Waals surface area contributed by atoms with Gasteiger partial charge in [0.05, 0.1) is 19.4 Å². The molecule has 1 fully saturated rings. The number of allylic oxidation sites excluding steroid dienone is 2. The fourth-order valence-electron chi connectivity index (χ4n) is 4.63. The van der Waals surface area contributed by atoms with Gasteiger partial charge in [0.2, 0.25) is 0 Å². The molecule has 9 nitrogen and oxygen atoms in total. The molecular weight excluding hydrogens is 434 g/mol. The Morgan fingerprint density at radius 1 is 1.24 bits per heavy atom. The highest BCUT2D eigenvalue weighted by Crippen LogP contribution is 2.42. The number of ether oxygens (including phenoxy) is 3. The van der Waals surface area contributed by atoms with Gasteiger partial charge in [-0.25, -0.2) is 0 Å². The first kappa shape index (κ1) is 23.9. The Bertz CT molecular complexity index is 1060. The summed E-state index contributed by atoms with van der Waals surface area (Å²) in [6.45, 7) is 3.93. The molecule has 1 amide bonds. The number of carbonyl (C=O) groups excluding carboxylic acids is 1. The van der Waals surface area contributed by atoms with Crippen molar-refractivity contribution in [2.75, 3.05) is 52.9 Å². The Balaban J connectivity index is 1.52. The summed E-state index contributed by atoms with van der Waals surface area (Å²) < 4.78 is 16.6. The van der Waals surface area contributed by atoms with Crippen molar-refractivity contribution < 1.29 is 19.0 Å². The quantitative estimate of drug-likeness (QED) is 0.586. The van der Waals surface area contributed by atoms with Gasteiger partial charge >= 0.3 is 6.01 Å². The van der Waals surface area contributed by atoms with Crippen LogP contribution in [0.1, 0.15) is 41.5 Å². The van der Waals surface area contributed by atoms with Crippen LogP contribution < -0.4 is 14.4 Å². The predicted octanol–water partition coefficient (Wildman–Crippen LogP) is 2.85. The maximum absolute atomic E-state index is 12.7. The van der Waals surface area contributed by atoms with Crippen molar-refractivity contribution in [3.05, 3.63) is 41.4 Å². The second-order valence-corrected chi connectivity index (χ2v) is 8.94. The summed E-state index contributed by atoms with van der Waals surface area (Å²) in [4.78, 5) is 29.9. The molecule has 0 radical (unpaired) electrons. The van der Waals surface area contributed by atoms with Gasteiger partial charge in [-0.2, -0.15) is 9.97 Å². The zero-order valence-corrected chi connectivity index (χ0v) is 20.6. The number of amides is 1. The Kier molecular flexibility index (Phi) is 7.31. The predicted molar refractivity (Wildman–Crippen MR) is 129 cm³/mol. The Morgan fingerprint density at radius 3 is 2.68 bits per heavy atom. The number of carbonyl (C=O) groups is 1. The van der Waals surface area contributed by atoms with Gasteiger partial charge in [0.25, 0.3) is 5.91 Å². The number of piperidine rings is 1. The van der Waals surface area contributed by atoms with Crippen molar-refractivity contribution in [2.45, 2.75) is 32.3 Å². The average Bonchev–Trinajstić information content (AvgIpc) is 3.28. The normalized spacial score (nSPS) is 16.6. The molecule has 182 valence electrons. The van der Waals surface area contributed by atoms with Crippen molar-refractivity contribution in [3.8, 4) is 11.8 Å². The number of hydrogen-bond donors (Lipinski definition) is 0. The second-order valence-electron chi connectivity index (χ2n) is 8.94. The van der Waals surface area contributed by atoms with Gasteiger partial charge in [-0.15, -0.1) is 0 Å². The molecular formula is C25H33N5O4. The second kappa shape index (κ2) is 10.4. The summed E-state index contributed by atoms with van der Waals surface area (Å²) in [6.07, 6.45) is 6.67. The van der Waals surface area contributed by atoms with Crippen LogP contribution in [0.2, 0.25) is 0 Å².